The van der Waals surface area contributed by atoms with Crippen molar-refractivity contribution in [3.63, 3.8) is 0 Å². The number of halogens is 1. The smallest absolute Gasteiger partial charge is 0.341 e. The number of hydrogen-bond acceptors (Lipinski definition) is 3. The average Bonchev–Trinajstić information content (AvgIpc) is 2.85. The summed E-state index contributed by atoms with van der Waals surface area (Å²) in [6.45, 7) is 2.32. The Labute approximate surface area is 114 Å². The van der Waals surface area contributed by atoms with Crippen LogP contribution in [-0.2, 0) is 6.54 Å². The lowest BCUT2D eigenvalue weighted by Gasteiger charge is -2.11. The number of rotatable bonds is 2. The Hall–Kier alpha value is -2.01. The predicted molar refractivity (Wildman–Crippen MR) is 71.7 cm³/mol. The molecule has 0 bridgehead atoms. The maximum Gasteiger partial charge on any atom is 0.341 e. The van der Waals surface area contributed by atoms with E-state index in [0.717, 1.165) is 5.56 Å². The number of nitrogens with one attached hydrogen (secondary N) is 1. The number of carbonyl (C=O) groups is 1. The van der Waals surface area contributed by atoms with Gasteiger partial charge in [0.25, 0.3) is 0 Å². The first-order chi connectivity index (χ1) is 9.06. The summed E-state index contributed by atoms with van der Waals surface area (Å²) in [7, 11) is 0. The van der Waals surface area contributed by atoms with Gasteiger partial charge in [-0.15, -0.1) is 0 Å². The van der Waals surface area contributed by atoms with Crippen molar-refractivity contribution < 1.29 is 9.90 Å². The van der Waals surface area contributed by atoms with Crippen molar-refractivity contribution in [2.45, 2.75) is 19.5 Å². The molecule has 1 aromatic carbocycles. The van der Waals surface area contributed by atoms with Crippen molar-refractivity contribution in [3.8, 4) is 0 Å². The minimum absolute atomic E-state index is 0.0264. The van der Waals surface area contributed by atoms with Crippen molar-refractivity contribution in [2.75, 3.05) is 5.32 Å². The Morgan fingerprint density at radius 3 is 2.79 bits per heavy atom. The minimum Gasteiger partial charge on any atom is -0.477 e. The molecule has 3 rings (SSSR count). The second kappa shape index (κ2) is 4.28. The molecule has 2 N–H and O–H groups in total. The minimum atomic E-state index is -0.956. The number of carboxylic acids is 1. The van der Waals surface area contributed by atoms with Gasteiger partial charge in [0.15, 0.2) is 0 Å². The molecule has 6 heteroatoms. The Morgan fingerprint density at radius 2 is 2.16 bits per heavy atom. The molecule has 5 nitrogen and oxygen atoms in total. The molecule has 1 aliphatic heterocycles. The lowest BCUT2D eigenvalue weighted by molar-refractivity contribution is 0.0697. The number of aromatic nitrogens is 2. The Bertz CT molecular complexity index is 649. The number of benzene rings is 1. The zero-order chi connectivity index (χ0) is 13.6. The maximum atomic E-state index is 11.2. The first kappa shape index (κ1) is 12.0. The lowest BCUT2D eigenvalue weighted by atomic mass is 10.1. The molecule has 19 heavy (non-hydrogen) atoms. The Morgan fingerprint density at radius 1 is 1.47 bits per heavy atom. The SMILES string of the molecule is Cc1nn2c(c1C(=O)O)NC(c1ccc(Cl)cc1)C2. The van der Waals surface area contributed by atoms with Crippen molar-refractivity contribution in [1.82, 2.24) is 9.78 Å². The van der Waals surface area contributed by atoms with E-state index in [2.05, 4.69) is 10.4 Å². The number of hydrogen-bond donors (Lipinski definition) is 2. The van der Waals surface area contributed by atoms with Crippen LogP contribution in [0.5, 0.6) is 0 Å². The first-order valence-electron chi connectivity index (χ1n) is 5.89. The molecule has 0 saturated heterocycles. The third-order valence-electron chi connectivity index (χ3n) is 3.28. The summed E-state index contributed by atoms with van der Waals surface area (Å²) in [5.41, 5.74) is 1.84. The number of anilines is 1. The van der Waals surface area contributed by atoms with Crippen LogP contribution in [0.1, 0.15) is 27.7 Å². The van der Waals surface area contributed by atoms with E-state index in [0.29, 0.717) is 23.1 Å². The summed E-state index contributed by atoms with van der Waals surface area (Å²) in [6.07, 6.45) is 0. The zero-order valence-corrected chi connectivity index (χ0v) is 11.0. The Kier molecular flexibility index (Phi) is 2.71. The molecule has 2 heterocycles. The van der Waals surface area contributed by atoms with Gasteiger partial charge in [0.05, 0.1) is 18.3 Å². The van der Waals surface area contributed by atoms with Crippen LogP contribution in [0, 0.1) is 6.92 Å². The van der Waals surface area contributed by atoms with Gasteiger partial charge < -0.3 is 10.4 Å². The number of nitrogens with zero attached hydrogens (tertiary/aromatic N) is 2. The molecule has 0 radical (unpaired) electrons. The van der Waals surface area contributed by atoms with Gasteiger partial charge in [-0.2, -0.15) is 5.10 Å². The van der Waals surface area contributed by atoms with E-state index < -0.39 is 5.97 Å². The molecular formula is C13H12ClN3O2. The second-order valence-electron chi connectivity index (χ2n) is 4.54. The first-order valence-corrected chi connectivity index (χ1v) is 6.27. The summed E-state index contributed by atoms with van der Waals surface area (Å²) < 4.78 is 1.71. The summed E-state index contributed by atoms with van der Waals surface area (Å²) in [4.78, 5) is 11.2. The van der Waals surface area contributed by atoms with Gasteiger partial charge in [0.1, 0.15) is 11.4 Å². The second-order valence-corrected chi connectivity index (χ2v) is 4.98. The molecule has 0 aliphatic carbocycles. The van der Waals surface area contributed by atoms with Gasteiger partial charge in [0.2, 0.25) is 0 Å². The summed E-state index contributed by atoms with van der Waals surface area (Å²) in [6, 6.07) is 7.53. The van der Waals surface area contributed by atoms with Crippen LogP contribution in [0.15, 0.2) is 24.3 Å². The highest BCUT2D eigenvalue weighted by molar-refractivity contribution is 6.30. The van der Waals surface area contributed by atoms with Crippen molar-refractivity contribution in [1.29, 1.82) is 0 Å². The average molecular weight is 278 g/mol. The van der Waals surface area contributed by atoms with E-state index in [1.165, 1.54) is 0 Å². The van der Waals surface area contributed by atoms with E-state index in [1.54, 1.807) is 11.6 Å². The molecule has 0 saturated carbocycles. The van der Waals surface area contributed by atoms with Crippen molar-refractivity contribution in [3.05, 3.63) is 46.1 Å². The standard InChI is InChI=1S/C13H12ClN3O2/c1-7-11(13(18)19)12-15-10(6-17(12)16-7)8-2-4-9(14)5-3-8/h2-5,10,15H,6H2,1H3,(H,18,19). The fourth-order valence-corrected chi connectivity index (χ4v) is 2.51. The number of aromatic carboxylic acids is 1. The van der Waals surface area contributed by atoms with Gasteiger partial charge in [-0.05, 0) is 24.6 Å². The monoisotopic (exact) mass is 277 g/mol. The van der Waals surface area contributed by atoms with Crippen LogP contribution in [0.25, 0.3) is 0 Å². The van der Waals surface area contributed by atoms with Crippen LogP contribution in [0.2, 0.25) is 5.02 Å². The molecule has 0 spiro atoms. The molecule has 0 fully saturated rings. The fraction of sp³-hybridized carbons (Fsp3) is 0.231. The fourth-order valence-electron chi connectivity index (χ4n) is 2.38. The van der Waals surface area contributed by atoms with E-state index in [-0.39, 0.29) is 11.6 Å². The van der Waals surface area contributed by atoms with E-state index >= 15 is 0 Å². The number of carboxylic acid groups (broad SMARTS) is 1. The van der Waals surface area contributed by atoms with E-state index in [4.69, 9.17) is 11.6 Å². The van der Waals surface area contributed by atoms with Crippen molar-refractivity contribution >= 4 is 23.4 Å². The maximum absolute atomic E-state index is 11.2. The lowest BCUT2D eigenvalue weighted by Crippen LogP contribution is -2.09. The van der Waals surface area contributed by atoms with Crippen LogP contribution >= 0.6 is 11.6 Å². The summed E-state index contributed by atoms with van der Waals surface area (Å²) in [5, 5.41) is 17.4. The van der Waals surface area contributed by atoms with E-state index in [9.17, 15) is 9.90 Å². The van der Waals surface area contributed by atoms with Gasteiger partial charge in [-0.3, -0.25) is 0 Å². The third kappa shape index (κ3) is 1.96. The summed E-state index contributed by atoms with van der Waals surface area (Å²) >= 11 is 5.86. The predicted octanol–water partition coefficient (Wildman–Crippen LogP) is 2.71. The molecule has 2 aromatic rings. The van der Waals surface area contributed by atoms with Gasteiger partial charge in [-0.1, -0.05) is 23.7 Å². The van der Waals surface area contributed by atoms with Crippen LogP contribution < -0.4 is 5.32 Å². The largest absolute Gasteiger partial charge is 0.477 e. The molecule has 98 valence electrons. The van der Waals surface area contributed by atoms with Crippen LogP contribution in [0.3, 0.4) is 0 Å². The molecule has 1 unspecified atom stereocenters. The Balaban J connectivity index is 1.92. The molecule has 1 aliphatic rings. The van der Waals surface area contributed by atoms with Crippen LogP contribution in [-0.4, -0.2) is 20.9 Å². The number of aryl methyl sites for hydroxylation is 1. The molecule has 1 aromatic heterocycles. The highest BCUT2D eigenvalue weighted by Crippen LogP contribution is 2.33. The summed E-state index contributed by atoms with van der Waals surface area (Å²) in [5.74, 6) is -0.382. The van der Waals surface area contributed by atoms with Gasteiger partial charge in [-0.25, -0.2) is 9.48 Å². The van der Waals surface area contributed by atoms with Gasteiger partial charge >= 0.3 is 5.97 Å². The normalized spacial score (nSPS) is 17.1. The molecule has 1 atom stereocenters. The topological polar surface area (TPSA) is 67.2 Å². The van der Waals surface area contributed by atoms with Gasteiger partial charge in [0, 0.05) is 5.02 Å². The molecular weight excluding hydrogens is 266 g/mol. The van der Waals surface area contributed by atoms with E-state index in [1.807, 2.05) is 24.3 Å². The molecule has 0 amide bonds. The van der Waals surface area contributed by atoms with Crippen molar-refractivity contribution in [2.24, 2.45) is 0 Å². The number of fused-ring (bicyclic) bond motifs is 1. The highest BCUT2D eigenvalue weighted by atomic mass is 35.5. The zero-order valence-electron chi connectivity index (χ0n) is 10.2. The quantitative estimate of drug-likeness (QED) is 0.886. The third-order valence-corrected chi connectivity index (χ3v) is 3.53. The van der Waals surface area contributed by atoms with Crippen LogP contribution in [0.4, 0.5) is 5.82 Å². The highest BCUT2D eigenvalue weighted by Gasteiger charge is 2.30.